The molecule has 4 heteroatoms. The molecule has 4 nitrogen and oxygen atoms in total. The molecule has 0 aliphatic heterocycles. The van der Waals surface area contributed by atoms with Gasteiger partial charge in [-0.15, -0.1) is 0 Å². The Balaban J connectivity index is 1.86. The maximum Gasteiger partial charge on any atom is 0.308 e. The van der Waals surface area contributed by atoms with Gasteiger partial charge in [0.15, 0.2) is 0 Å². The molecule has 2 rings (SSSR count). The fraction of sp³-hybridized carbons (Fsp3) is 0.867. The van der Waals surface area contributed by atoms with E-state index in [1.54, 1.807) is 0 Å². The van der Waals surface area contributed by atoms with Crippen molar-refractivity contribution in [3.05, 3.63) is 0 Å². The number of carbonyl (C=O) groups excluding carboxylic acids is 1. The van der Waals surface area contributed by atoms with Gasteiger partial charge in [-0.1, -0.05) is 38.5 Å². The normalized spacial score (nSPS) is 29.5. The van der Waals surface area contributed by atoms with Gasteiger partial charge < -0.3 is 10.4 Å². The van der Waals surface area contributed by atoms with Crippen LogP contribution in [0.3, 0.4) is 0 Å². The number of hydrogen-bond acceptors (Lipinski definition) is 2. The van der Waals surface area contributed by atoms with Crippen LogP contribution in [0.15, 0.2) is 0 Å². The van der Waals surface area contributed by atoms with Crippen molar-refractivity contribution >= 4 is 11.9 Å². The third kappa shape index (κ3) is 3.95. The second-order valence-electron chi connectivity index (χ2n) is 6.03. The van der Waals surface area contributed by atoms with Crippen LogP contribution in [0.5, 0.6) is 0 Å². The van der Waals surface area contributed by atoms with Crippen molar-refractivity contribution in [2.75, 3.05) is 0 Å². The highest BCUT2D eigenvalue weighted by molar-refractivity contribution is 5.80. The van der Waals surface area contributed by atoms with Crippen molar-refractivity contribution in [2.45, 2.75) is 70.3 Å². The highest BCUT2D eigenvalue weighted by Crippen LogP contribution is 2.27. The summed E-state index contributed by atoms with van der Waals surface area (Å²) in [7, 11) is 0. The summed E-state index contributed by atoms with van der Waals surface area (Å²) in [6.07, 6.45) is 10.4. The van der Waals surface area contributed by atoms with Gasteiger partial charge in [0.2, 0.25) is 5.91 Å². The highest BCUT2D eigenvalue weighted by Gasteiger charge is 2.35. The van der Waals surface area contributed by atoms with Gasteiger partial charge in [-0.05, 0) is 25.7 Å². The maximum atomic E-state index is 12.3. The van der Waals surface area contributed by atoms with E-state index in [9.17, 15) is 9.59 Å². The van der Waals surface area contributed by atoms with Crippen molar-refractivity contribution in [1.82, 2.24) is 5.32 Å². The fourth-order valence-corrected chi connectivity index (χ4v) is 3.45. The Bertz CT molecular complexity index is 321. The molecule has 0 spiro atoms. The number of carboxylic acid groups (broad SMARTS) is 1. The largest absolute Gasteiger partial charge is 0.481 e. The number of carboxylic acids is 1. The molecule has 1 amide bonds. The molecule has 2 atom stereocenters. The summed E-state index contributed by atoms with van der Waals surface area (Å²) in [5.41, 5.74) is 0. The molecule has 0 unspecified atom stereocenters. The Morgan fingerprint density at radius 2 is 1.47 bits per heavy atom. The van der Waals surface area contributed by atoms with E-state index >= 15 is 0 Å². The summed E-state index contributed by atoms with van der Waals surface area (Å²) in [6, 6.07) is -0.143. The zero-order chi connectivity index (χ0) is 13.7. The Hall–Kier alpha value is -1.06. The zero-order valence-electron chi connectivity index (χ0n) is 11.6. The van der Waals surface area contributed by atoms with Crippen molar-refractivity contribution in [3.8, 4) is 0 Å². The van der Waals surface area contributed by atoms with E-state index in [0.29, 0.717) is 6.42 Å². The molecule has 2 fully saturated rings. The Morgan fingerprint density at radius 1 is 0.842 bits per heavy atom. The molecule has 0 aromatic heterocycles. The molecule has 19 heavy (non-hydrogen) atoms. The fourth-order valence-electron chi connectivity index (χ4n) is 3.45. The van der Waals surface area contributed by atoms with E-state index in [0.717, 1.165) is 38.5 Å². The van der Waals surface area contributed by atoms with Crippen LogP contribution < -0.4 is 5.32 Å². The minimum Gasteiger partial charge on any atom is -0.481 e. The van der Waals surface area contributed by atoms with Gasteiger partial charge in [0.1, 0.15) is 0 Å². The van der Waals surface area contributed by atoms with Crippen LogP contribution in [0.25, 0.3) is 0 Å². The smallest absolute Gasteiger partial charge is 0.308 e. The summed E-state index contributed by atoms with van der Waals surface area (Å²) in [5.74, 6) is -0.937. The van der Waals surface area contributed by atoms with Crippen LogP contribution in [0.2, 0.25) is 0 Å². The maximum absolute atomic E-state index is 12.3. The second-order valence-corrected chi connectivity index (χ2v) is 6.03. The molecule has 0 bridgehead atoms. The molecule has 0 aromatic rings. The van der Waals surface area contributed by atoms with Crippen LogP contribution in [0.4, 0.5) is 0 Å². The first kappa shape index (κ1) is 14.4. The van der Waals surface area contributed by atoms with Gasteiger partial charge in [-0.3, -0.25) is 9.59 Å². The zero-order valence-corrected chi connectivity index (χ0v) is 11.6. The average molecular weight is 267 g/mol. The number of amides is 1. The van der Waals surface area contributed by atoms with Gasteiger partial charge in [0, 0.05) is 12.0 Å². The highest BCUT2D eigenvalue weighted by atomic mass is 16.4. The standard InChI is InChI=1S/C15H25NO3/c17-14(11-7-4-2-1-3-5-8-11)16-13-10-6-9-12(13)15(18)19/h11-13H,1-10H2,(H,16,17)(H,18,19)/t12-,13+/m1/s1. The van der Waals surface area contributed by atoms with E-state index in [2.05, 4.69) is 5.32 Å². The molecular formula is C15H25NO3. The minimum absolute atomic E-state index is 0.0973. The summed E-state index contributed by atoms with van der Waals surface area (Å²) >= 11 is 0. The molecule has 2 aliphatic carbocycles. The lowest BCUT2D eigenvalue weighted by Gasteiger charge is -2.23. The van der Waals surface area contributed by atoms with Crippen LogP contribution in [-0.4, -0.2) is 23.0 Å². The first-order chi connectivity index (χ1) is 9.18. The first-order valence-corrected chi connectivity index (χ1v) is 7.71. The molecule has 0 saturated heterocycles. The van der Waals surface area contributed by atoms with Gasteiger partial charge in [0.25, 0.3) is 0 Å². The molecule has 2 N–H and O–H groups in total. The van der Waals surface area contributed by atoms with Gasteiger partial charge >= 0.3 is 5.97 Å². The van der Waals surface area contributed by atoms with Crippen molar-refractivity contribution in [2.24, 2.45) is 11.8 Å². The lowest BCUT2D eigenvalue weighted by molar-refractivity contribution is -0.142. The number of carbonyl (C=O) groups is 2. The van der Waals surface area contributed by atoms with Crippen molar-refractivity contribution < 1.29 is 14.7 Å². The van der Waals surface area contributed by atoms with Crippen molar-refractivity contribution in [1.29, 1.82) is 0 Å². The summed E-state index contributed by atoms with van der Waals surface area (Å²) in [6.45, 7) is 0. The predicted molar refractivity (Wildman–Crippen MR) is 72.7 cm³/mol. The minimum atomic E-state index is -0.763. The summed E-state index contributed by atoms with van der Waals surface area (Å²) in [5, 5.41) is 12.1. The van der Waals surface area contributed by atoms with Crippen LogP contribution in [0, 0.1) is 11.8 Å². The molecule has 0 radical (unpaired) electrons. The number of aliphatic carboxylic acids is 1. The third-order valence-corrected chi connectivity index (χ3v) is 4.64. The molecule has 0 heterocycles. The molecule has 0 aromatic carbocycles. The lowest BCUT2D eigenvalue weighted by atomic mass is 9.90. The van der Waals surface area contributed by atoms with E-state index in [1.165, 1.54) is 19.3 Å². The second kappa shape index (κ2) is 6.92. The summed E-state index contributed by atoms with van der Waals surface area (Å²) < 4.78 is 0. The number of nitrogens with one attached hydrogen (secondary N) is 1. The quantitative estimate of drug-likeness (QED) is 0.826. The van der Waals surface area contributed by atoms with Gasteiger partial charge in [-0.2, -0.15) is 0 Å². The van der Waals surface area contributed by atoms with Crippen LogP contribution in [-0.2, 0) is 9.59 Å². The van der Waals surface area contributed by atoms with Crippen molar-refractivity contribution in [3.63, 3.8) is 0 Å². The van der Waals surface area contributed by atoms with E-state index in [1.807, 2.05) is 0 Å². The Kier molecular flexibility index (Phi) is 5.23. The summed E-state index contributed by atoms with van der Waals surface area (Å²) in [4.78, 5) is 23.4. The van der Waals surface area contributed by atoms with Gasteiger partial charge in [-0.25, -0.2) is 0 Å². The average Bonchev–Trinajstić information content (AvgIpc) is 2.76. The molecular weight excluding hydrogens is 242 g/mol. The predicted octanol–water partition coefficient (Wildman–Crippen LogP) is 2.72. The number of hydrogen-bond donors (Lipinski definition) is 2. The first-order valence-electron chi connectivity index (χ1n) is 7.71. The van der Waals surface area contributed by atoms with Crippen LogP contribution >= 0.6 is 0 Å². The Labute approximate surface area is 115 Å². The SMILES string of the molecule is O=C(N[C@H]1CCC[C@H]1C(=O)O)C1CCCCCCC1. The lowest BCUT2D eigenvalue weighted by Crippen LogP contribution is -2.43. The van der Waals surface area contributed by atoms with Crippen LogP contribution in [0.1, 0.15) is 64.2 Å². The Morgan fingerprint density at radius 3 is 2.11 bits per heavy atom. The van der Waals surface area contributed by atoms with E-state index in [-0.39, 0.29) is 23.8 Å². The molecule has 2 aliphatic rings. The van der Waals surface area contributed by atoms with E-state index in [4.69, 9.17) is 5.11 Å². The third-order valence-electron chi connectivity index (χ3n) is 4.64. The molecule has 108 valence electrons. The van der Waals surface area contributed by atoms with E-state index < -0.39 is 5.97 Å². The topological polar surface area (TPSA) is 66.4 Å². The monoisotopic (exact) mass is 267 g/mol. The molecule has 2 saturated carbocycles. The number of rotatable bonds is 3. The van der Waals surface area contributed by atoms with Gasteiger partial charge in [0.05, 0.1) is 5.92 Å².